The molecule has 0 saturated carbocycles. The number of nitrogens with zero attached hydrogens (tertiary/aromatic N) is 3. The van der Waals surface area contributed by atoms with Crippen molar-refractivity contribution in [2.45, 2.75) is 0 Å². The maximum Gasteiger partial charge on any atom is 0.273 e. The van der Waals surface area contributed by atoms with Crippen molar-refractivity contribution in [3.63, 3.8) is 0 Å². The number of nitrogens with one attached hydrogen (secondary N) is 2. The molecule has 1 amide bonds. The van der Waals surface area contributed by atoms with Gasteiger partial charge in [0.25, 0.3) is 5.91 Å². The molecule has 1 rings (SSSR count). The third-order valence-corrected chi connectivity index (χ3v) is 2.38. The topological polar surface area (TPSA) is 79.4 Å². The molecule has 0 bridgehead atoms. The van der Waals surface area contributed by atoms with E-state index in [1.807, 2.05) is 0 Å². The molecule has 1 aromatic rings. The summed E-state index contributed by atoms with van der Waals surface area (Å²) in [6.45, 7) is 3.06. The summed E-state index contributed by atoms with van der Waals surface area (Å²) < 4.78 is 4.92. The van der Waals surface area contributed by atoms with E-state index in [1.165, 1.54) is 4.90 Å². The molecule has 1 heterocycles. The molecule has 0 aliphatic heterocycles. The zero-order valence-electron chi connectivity index (χ0n) is 11.6. The molecule has 0 aromatic carbocycles. The Labute approximate surface area is 113 Å². The molecule has 0 spiro atoms. The smallest absolute Gasteiger partial charge is 0.273 e. The van der Waals surface area contributed by atoms with Crippen LogP contribution in [0, 0.1) is 0 Å². The van der Waals surface area contributed by atoms with Crippen molar-refractivity contribution < 1.29 is 9.53 Å². The van der Waals surface area contributed by atoms with Gasteiger partial charge in [-0.25, -0.2) is 0 Å². The highest BCUT2D eigenvalue weighted by molar-refractivity contribution is 5.91. The number of amides is 1. The number of carbonyl (C=O) groups excluding carboxylic acids is 1. The van der Waals surface area contributed by atoms with Gasteiger partial charge in [-0.1, -0.05) is 0 Å². The van der Waals surface area contributed by atoms with Gasteiger partial charge in [0.1, 0.15) is 5.82 Å². The Hall–Kier alpha value is -1.73. The Balaban J connectivity index is 2.30. The van der Waals surface area contributed by atoms with E-state index in [2.05, 4.69) is 20.8 Å². The van der Waals surface area contributed by atoms with Crippen molar-refractivity contribution in [3.05, 3.63) is 17.8 Å². The molecule has 0 unspecified atom stereocenters. The van der Waals surface area contributed by atoms with Crippen LogP contribution in [0.25, 0.3) is 0 Å². The van der Waals surface area contributed by atoms with E-state index in [4.69, 9.17) is 4.74 Å². The number of rotatable bonds is 8. The lowest BCUT2D eigenvalue weighted by atomic mass is 10.3. The molecule has 7 nitrogen and oxygen atoms in total. The van der Waals surface area contributed by atoms with Gasteiger partial charge in [-0.15, -0.1) is 10.2 Å². The van der Waals surface area contributed by atoms with Crippen molar-refractivity contribution in [1.29, 1.82) is 0 Å². The van der Waals surface area contributed by atoms with Gasteiger partial charge in [0.2, 0.25) is 0 Å². The maximum absolute atomic E-state index is 11.6. The Morgan fingerprint density at radius 1 is 1.26 bits per heavy atom. The fourth-order valence-corrected chi connectivity index (χ4v) is 1.35. The molecule has 19 heavy (non-hydrogen) atoms. The fraction of sp³-hybridized carbons (Fsp3) is 0.583. The first-order valence-electron chi connectivity index (χ1n) is 6.14. The quantitative estimate of drug-likeness (QED) is 0.636. The standard InChI is InChI=1S/C12H21N5O2/c1-17(2)12(18)10-4-5-11(16-15-10)14-7-6-13-8-9-19-3/h4-5,13H,6-9H2,1-3H3,(H,14,16). The Morgan fingerprint density at radius 2 is 2.05 bits per heavy atom. The van der Waals surface area contributed by atoms with Gasteiger partial charge in [0.15, 0.2) is 5.69 Å². The molecule has 2 N–H and O–H groups in total. The minimum atomic E-state index is -0.153. The number of carbonyl (C=O) groups is 1. The van der Waals surface area contributed by atoms with Crippen molar-refractivity contribution in [1.82, 2.24) is 20.4 Å². The van der Waals surface area contributed by atoms with Crippen LogP contribution in [0.15, 0.2) is 12.1 Å². The van der Waals surface area contributed by atoms with E-state index in [0.717, 1.165) is 19.6 Å². The second-order valence-corrected chi connectivity index (χ2v) is 4.17. The van der Waals surface area contributed by atoms with Crippen LogP contribution in [0.5, 0.6) is 0 Å². The fourth-order valence-electron chi connectivity index (χ4n) is 1.35. The van der Waals surface area contributed by atoms with E-state index in [9.17, 15) is 4.79 Å². The third kappa shape index (κ3) is 5.62. The van der Waals surface area contributed by atoms with Gasteiger partial charge >= 0.3 is 0 Å². The molecule has 0 atom stereocenters. The Bertz CT molecular complexity index is 380. The van der Waals surface area contributed by atoms with Crippen molar-refractivity contribution in [2.75, 3.05) is 52.8 Å². The summed E-state index contributed by atoms with van der Waals surface area (Å²) in [5, 5.41) is 14.2. The lowest BCUT2D eigenvalue weighted by molar-refractivity contribution is 0.0821. The van der Waals surface area contributed by atoms with Crippen molar-refractivity contribution in [3.8, 4) is 0 Å². The SMILES string of the molecule is COCCNCCNc1ccc(C(=O)N(C)C)nn1. The molecule has 0 radical (unpaired) electrons. The second-order valence-electron chi connectivity index (χ2n) is 4.17. The van der Waals surface area contributed by atoms with Crippen LogP contribution in [-0.2, 0) is 4.74 Å². The van der Waals surface area contributed by atoms with E-state index in [1.54, 1.807) is 33.3 Å². The second kappa shape index (κ2) is 8.39. The highest BCUT2D eigenvalue weighted by Crippen LogP contribution is 2.02. The molecule has 1 aromatic heterocycles. The van der Waals surface area contributed by atoms with Crippen molar-refractivity contribution in [2.24, 2.45) is 0 Å². The number of hydrogen-bond acceptors (Lipinski definition) is 6. The summed E-state index contributed by atoms with van der Waals surface area (Å²) in [6, 6.07) is 3.41. The van der Waals surface area contributed by atoms with Gasteiger partial charge in [-0.3, -0.25) is 4.79 Å². The normalized spacial score (nSPS) is 10.3. The molecule has 0 saturated heterocycles. The highest BCUT2D eigenvalue weighted by atomic mass is 16.5. The van der Waals surface area contributed by atoms with Gasteiger partial charge in [0, 0.05) is 40.8 Å². The van der Waals surface area contributed by atoms with Gasteiger partial charge < -0.3 is 20.3 Å². The average Bonchev–Trinajstić information content (AvgIpc) is 2.42. The first-order chi connectivity index (χ1) is 9.15. The predicted molar refractivity (Wildman–Crippen MR) is 73.3 cm³/mol. The molecule has 7 heteroatoms. The summed E-state index contributed by atoms with van der Waals surface area (Å²) in [7, 11) is 5.04. The Morgan fingerprint density at radius 3 is 2.63 bits per heavy atom. The lowest BCUT2D eigenvalue weighted by Gasteiger charge is -2.09. The number of ether oxygens (including phenoxy) is 1. The number of anilines is 1. The zero-order valence-corrected chi connectivity index (χ0v) is 11.6. The average molecular weight is 267 g/mol. The molecular formula is C12H21N5O2. The Kier molecular flexibility index (Phi) is 6.76. The molecule has 106 valence electrons. The molecular weight excluding hydrogens is 246 g/mol. The van der Waals surface area contributed by atoms with E-state index >= 15 is 0 Å². The van der Waals surface area contributed by atoms with Crippen LogP contribution < -0.4 is 10.6 Å². The van der Waals surface area contributed by atoms with Crippen LogP contribution in [0.4, 0.5) is 5.82 Å². The van der Waals surface area contributed by atoms with Gasteiger partial charge in [0.05, 0.1) is 6.61 Å². The third-order valence-electron chi connectivity index (χ3n) is 2.38. The van der Waals surface area contributed by atoms with Crippen LogP contribution in [-0.4, -0.2) is 68.5 Å². The van der Waals surface area contributed by atoms with Crippen molar-refractivity contribution >= 4 is 11.7 Å². The maximum atomic E-state index is 11.6. The summed E-state index contributed by atoms with van der Waals surface area (Å²) in [4.78, 5) is 13.1. The van der Waals surface area contributed by atoms with Crippen LogP contribution in [0.1, 0.15) is 10.5 Å². The summed E-state index contributed by atoms with van der Waals surface area (Å²) >= 11 is 0. The largest absolute Gasteiger partial charge is 0.383 e. The summed E-state index contributed by atoms with van der Waals surface area (Å²) in [5.41, 5.74) is 0.341. The van der Waals surface area contributed by atoms with Gasteiger partial charge in [-0.2, -0.15) is 0 Å². The first-order valence-corrected chi connectivity index (χ1v) is 6.14. The highest BCUT2D eigenvalue weighted by Gasteiger charge is 2.09. The lowest BCUT2D eigenvalue weighted by Crippen LogP contribution is -2.26. The van der Waals surface area contributed by atoms with E-state index < -0.39 is 0 Å². The van der Waals surface area contributed by atoms with Gasteiger partial charge in [-0.05, 0) is 12.1 Å². The van der Waals surface area contributed by atoms with E-state index in [0.29, 0.717) is 18.1 Å². The molecule has 0 aliphatic carbocycles. The summed E-state index contributed by atoms with van der Waals surface area (Å²) in [6.07, 6.45) is 0. The van der Waals surface area contributed by atoms with Crippen LogP contribution in [0.3, 0.4) is 0 Å². The summed E-state index contributed by atoms with van der Waals surface area (Å²) in [5.74, 6) is 0.504. The minimum Gasteiger partial charge on any atom is -0.383 e. The molecule has 0 aliphatic rings. The first kappa shape index (κ1) is 15.3. The molecule has 0 fully saturated rings. The number of hydrogen-bond donors (Lipinski definition) is 2. The number of methoxy groups -OCH3 is 1. The zero-order chi connectivity index (χ0) is 14.1. The van der Waals surface area contributed by atoms with Crippen LogP contribution in [0.2, 0.25) is 0 Å². The monoisotopic (exact) mass is 267 g/mol. The van der Waals surface area contributed by atoms with Crippen LogP contribution >= 0.6 is 0 Å². The minimum absolute atomic E-state index is 0.153. The number of aromatic nitrogens is 2. The predicted octanol–water partition coefficient (Wildman–Crippen LogP) is -0.174. The van der Waals surface area contributed by atoms with E-state index in [-0.39, 0.29) is 5.91 Å².